The van der Waals surface area contributed by atoms with Crippen LogP contribution in [0.3, 0.4) is 0 Å². The van der Waals surface area contributed by atoms with Crippen LogP contribution in [0, 0.1) is 5.92 Å². The summed E-state index contributed by atoms with van der Waals surface area (Å²) in [6, 6.07) is 17.0. The zero-order chi connectivity index (χ0) is 17.9. The zero-order valence-corrected chi connectivity index (χ0v) is 14.9. The maximum atomic E-state index is 13.4. The summed E-state index contributed by atoms with van der Waals surface area (Å²) in [5.74, 6) is 0.0161. The average Bonchev–Trinajstić information content (AvgIpc) is 2.64. The lowest BCUT2D eigenvalue weighted by Gasteiger charge is -2.34. The van der Waals surface area contributed by atoms with Gasteiger partial charge in [0.15, 0.2) is 0 Å². The third kappa shape index (κ3) is 3.24. The fourth-order valence-electron chi connectivity index (χ4n) is 3.78. The maximum absolute atomic E-state index is 13.4. The number of fused-ring (bicyclic) bond motifs is 1. The summed E-state index contributed by atoms with van der Waals surface area (Å²) in [4.78, 5) is 27.8. The molecule has 2 aliphatic rings. The highest BCUT2D eigenvalue weighted by Crippen LogP contribution is 2.31. The van der Waals surface area contributed by atoms with Gasteiger partial charge in [-0.3, -0.25) is 9.59 Å². The van der Waals surface area contributed by atoms with Crippen molar-refractivity contribution in [3.8, 4) is 0 Å². The molecule has 134 valence electrons. The molecular formula is C22H24N2O2. The van der Waals surface area contributed by atoms with Gasteiger partial charge in [0.25, 0.3) is 5.91 Å². The van der Waals surface area contributed by atoms with E-state index in [4.69, 9.17) is 0 Å². The lowest BCUT2D eigenvalue weighted by molar-refractivity contribution is -0.132. The fourth-order valence-corrected chi connectivity index (χ4v) is 3.78. The van der Waals surface area contributed by atoms with E-state index < -0.39 is 6.04 Å². The standard InChI is InChI=1S/C22H24N2O2/c25-21(18-11-6-12-18)23-20(17-9-2-1-3-10-17)22(26)24-15-7-13-16-8-4-5-14-19(16)24/h1-5,8-10,14,18,20H,6-7,11-13,15H2,(H,23,25). The van der Waals surface area contributed by atoms with Crippen LogP contribution in [0.1, 0.15) is 42.9 Å². The van der Waals surface area contributed by atoms with Gasteiger partial charge in [-0.1, -0.05) is 55.0 Å². The number of rotatable bonds is 4. The Bertz CT molecular complexity index is 799. The van der Waals surface area contributed by atoms with Gasteiger partial charge < -0.3 is 10.2 Å². The molecule has 0 saturated heterocycles. The van der Waals surface area contributed by atoms with Crippen LogP contribution < -0.4 is 10.2 Å². The number of nitrogens with zero attached hydrogens (tertiary/aromatic N) is 1. The second-order valence-electron chi connectivity index (χ2n) is 7.20. The number of aryl methyl sites for hydroxylation is 1. The maximum Gasteiger partial charge on any atom is 0.254 e. The number of para-hydroxylation sites is 1. The SMILES string of the molecule is O=C(NC(C(=O)N1CCCc2ccccc21)c1ccccc1)C1CCC1. The molecule has 0 radical (unpaired) electrons. The number of anilines is 1. The van der Waals surface area contributed by atoms with E-state index in [9.17, 15) is 9.59 Å². The highest BCUT2D eigenvalue weighted by Gasteiger charge is 2.33. The first-order valence-electron chi connectivity index (χ1n) is 9.48. The number of hydrogen-bond acceptors (Lipinski definition) is 2. The molecule has 4 heteroatoms. The van der Waals surface area contributed by atoms with Crippen molar-refractivity contribution in [1.82, 2.24) is 5.32 Å². The third-order valence-electron chi connectivity index (χ3n) is 5.52. The van der Waals surface area contributed by atoms with E-state index in [0.29, 0.717) is 6.54 Å². The van der Waals surface area contributed by atoms with Crippen LogP contribution in [-0.4, -0.2) is 18.4 Å². The Labute approximate surface area is 154 Å². The summed E-state index contributed by atoms with van der Waals surface area (Å²) >= 11 is 0. The summed E-state index contributed by atoms with van der Waals surface area (Å²) in [6.45, 7) is 0.693. The monoisotopic (exact) mass is 348 g/mol. The minimum absolute atomic E-state index is 0.00347. The lowest BCUT2D eigenvalue weighted by atomic mass is 9.84. The normalized spacial score (nSPS) is 17.8. The van der Waals surface area contributed by atoms with Crippen molar-refractivity contribution in [1.29, 1.82) is 0 Å². The van der Waals surface area contributed by atoms with Crippen molar-refractivity contribution in [3.05, 3.63) is 65.7 Å². The van der Waals surface area contributed by atoms with Crippen molar-refractivity contribution < 1.29 is 9.59 Å². The van der Waals surface area contributed by atoms with Gasteiger partial charge in [-0.25, -0.2) is 0 Å². The lowest BCUT2D eigenvalue weighted by Crippen LogP contribution is -2.47. The molecule has 2 aromatic rings. The Hall–Kier alpha value is -2.62. The Morgan fingerprint density at radius 2 is 1.69 bits per heavy atom. The van der Waals surface area contributed by atoms with Crippen molar-refractivity contribution in [3.63, 3.8) is 0 Å². The van der Waals surface area contributed by atoms with E-state index in [1.54, 1.807) is 0 Å². The van der Waals surface area contributed by atoms with Gasteiger partial charge in [0.2, 0.25) is 5.91 Å². The predicted octanol–water partition coefficient (Wildman–Crippen LogP) is 3.62. The van der Waals surface area contributed by atoms with E-state index in [-0.39, 0.29) is 17.7 Å². The second-order valence-corrected chi connectivity index (χ2v) is 7.20. The molecule has 0 bridgehead atoms. The largest absolute Gasteiger partial charge is 0.340 e. The molecule has 0 spiro atoms. The molecule has 2 amide bonds. The minimum Gasteiger partial charge on any atom is -0.340 e. The van der Waals surface area contributed by atoms with Crippen molar-refractivity contribution in [2.45, 2.75) is 38.1 Å². The van der Waals surface area contributed by atoms with Gasteiger partial charge in [-0.2, -0.15) is 0 Å². The number of carbonyl (C=O) groups is 2. The molecule has 4 rings (SSSR count). The van der Waals surface area contributed by atoms with Crippen molar-refractivity contribution in [2.75, 3.05) is 11.4 Å². The number of hydrogen-bond donors (Lipinski definition) is 1. The molecule has 1 unspecified atom stereocenters. The second kappa shape index (κ2) is 7.32. The van der Waals surface area contributed by atoms with Crippen LogP contribution in [0.15, 0.2) is 54.6 Å². The van der Waals surface area contributed by atoms with E-state index >= 15 is 0 Å². The molecule has 1 fully saturated rings. The molecule has 1 heterocycles. The van der Waals surface area contributed by atoms with E-state index in [2.05, 4.69) is 11.4 Å². The van der Waals surface area contributed by atoms with Crippen molar-refractivity contribution >= 4 is 17.5 Å². The van der Waals surface area contributed by atoms with Gasteiger partial charge >= 0.3 is 0 Å². The van der Waals surface area contributed by atoms with Crippen LogP contribution in [0.5, 0.6) is 0 Å². The van der Waals surface area contributed by atoms with Crippen LogP contribution >= 0.6 is 0 Å². The Balaban J connectivity index is 1.63. The molecule has 2 aromatic carbocycles. The number of nitrogens with one attached hydrogen (secondary N) is 1. The number of carbonyl (C=O) groups excluding carboxylic acids is 2. The Morgan fingerprint density at radius 3 is 2.42 bits per heavy atom. The first-order valence-corrected chi connectivity index (χ1v) is 9.48. The van der Waals surface area contributed by atoms with Crippen LogP contribution in [0.4, 0.5) is 5.69 Å². The molecule has 4 nitrogen and oxygen atoms in total. The molecule has 1 N–H and O–H groups in total. The molecule has 1 saturated carbocycles. The highest BCUT2D eigenvalue weighted by atomic mass is 16.2. The molecular weight excluding hydrogens is 324 g/mol. The van der Waals surface area contributed by atoms with Gasteiger partial charge in [0.05, 0.1) is 0 Å². The molecule has 26 heavy (non-hydrogen) atoms. The fraction of sp³-hybridized carbons (Fsp3) is 0.364. The van der Waals surface area contributed by atoms with Gasteiger partial charge in [0.1, 0.15) is 6.04 Å². The number of amides is 2. The van der Waals surface area contributed by atoms with E-state index in [0.717, 1.165) is 43.4 Å². The van der Waals surface area contributed by atoms with Crippen molar-refractivity contribution in [2.24, 2.45) is 5.92 Å². The van der Waals surface area contributed by atoms with Crippen LogP contribution in [0.2, 0.25) is 0 Å². The summed E-state index contributed by atoms with van der Waals surface area (Å²) < 4.78 is 0. The summed E-state index contributed by atoms with van der Waals surface area (Å²) in [6.07, 6.45) is 4.88. The Kier molecular flexibility index (Phi) is 4.74. The smallest absolute Gasteiger partial charge is 0.254 e. The molecule has 1 aliphatic heterocycles. The van der Waals surface area contributed by atoms with E-state index in [1.165, 1.54) is 5.56 Å². The molecule has 0 aromatic heterocycles. The first kappa shape index (κ1) is 16.8. The quantitative estimate of drug-likeness (QED) is 0.917. The zero-order valence-electron chi connectivity index (χ0n) is 14.9. The van der Waals surface area contributed by atoms with Gasteiger partial charge in [0, 0.05) is 18.2 Å². The topological polar surface area (TPSA) is 49.4 Å². The predicted molar refractivity (Wildman–Crippen MR) is 102 cm³/mol. The summed E-state index contributed by atoms with van der Waals surface area (Å²) in [5, 5.41) is 3.03. The summed E-state index contributed by atoms with van der Waals surface area (Å²) in [7, 11) is 0. The minimum atomic E-state index is -0.629. The highest BCUT2D eigenvalue weighted by molar-refractivity contribution is 6.00. The molecule has 1 atom stereocenters. The first-order chi connectivity index (χ1) is 12.7. The van der Waals surface area contributed by atoms with Crippen LogP contribution in [0.25, 0.3) is 0 Å². The number of benzene rings is 2. The molecule has 1 aliphatic carbocycles. The van der Waals surface area contributed by atoms with E-state index in [1.807, 2.05) is 53.4 Å². The van der Waals surface area contributed by atoms with Crippen LogP contribution in [-0.2, 0) is 16.0 Å². The van der Waals surface area contributed by atoms with Gasteiger partial charge in [-0.15, -0.1) is 0 Å². The van der Waals surface area contributed by atoms with Gasteiger partial charge in [-0.05, 0) is 42.9 Å². The summed E-state index contributed by atoms with van der Waals surface area (Å²) in [5.41, 5.74) is 3.01. The third-order valence-corrected chi connectivity index (χ3v) is 5.52. The average molecular weight is 348 g/mol. The Morgan fingerprint density at radius 1 is 0.962 bits per heavy atom.